The molecule has 0 saturated heterocycles. The Balaban J connectivity index is 2.19. The molecular weight excluding hydrogens is 280 g/mol. The van der Waals surface area contributed by atoms with Crippen LogP contribution in [0.5, 0.6) is 0 Å². The van der Waals surface area contributed by atoms with Gasteiger partial charge in [-0.15, -0.1) is 0 Å². The quantitative estimate of drug-likeness (QED) is 0.683. The maximum Gasteiger partial charge on any atom is 0.101 e. The standard InChI is InChI=1S/C18H15ClN2/c1-2-13-7-5-8-16-15(10-20)12-21(18(13)16)11-14-6-3-4-9-17(14)19/h3-9,12H,2,11H2,1H3. The fourth-order valence-electron chi connectivity index (χ4n) is 2.75. The van der Waals surface area contributed by atoms with Crippen LogP contribution in [0, 0.1) is 11.3 Å². The number of rotatable bonds is 3. The van der Waals surface area contributed by atoms with Gasteiger partial charge in [0.05, 0.1) is 11.1 Å². The summed E-state index contributed by atoms with van der Waals surface area (Å²) in [6.07, 6.45) is 2.86. The van der Waals surface area contributed by atoms with Gasteiger partial charge in [-0.25, -0.2) is 0 Å². The van der Waals surface area contributed by atoms with E-state index in [2.05, 4.69) is 23.6 Å². The maximum absolute atomic E-state index is 9.34. The predicted octanol–water partition coefficient (Wildman–Crippen LogP) is 4.78. The number of benzene rings is 2. The molecule has 0 unspecified atom stereocenters. The van der Waals surface area contributed by atoms with E-state index in [0.717, 1.165) is 27.9 Å². The van der Waals surface area contributed by atoms with E-state index in [1.165, 1.54) is 5.56 Å². The first kappa shape index (κ1) is 13.7. The minimum absolute atomic E-state index is 0.675. The van der Waals surface area contributed by atoms with Gasteiger partial charge in [-0.3, -0.25) is 0 Å². The highest BCUT2D eigenvalue weighted by Gasteiger charge is 2.12. The lowest BCUT2D eigenvalue weighted by Crippen LogP contribution is -2.00. The molecule has 104 valence electrons. The number of hydrogen-bond acceptors (Lipinski definition) is 1. The van der Waals surface area contributed by atoms with E-state index in [1.54, 1.807) is 0 Å². The Morgan fingerprint density at radius 1 is 1.10 bits per heavy atom. The molecule has 3 rings (SSSR count). The maximum atomic E-state index is 9.34. The van der Waals surface area contributed by atoms with Crippen molar-refractivity contribution in [2.24, 2.45) is 0 Å². The molecule has 0 bridgehead atoms. The number of nitrogens with zero attached hydrogens (tertiary/aromatic N) is 2. The number of nitriles is 1. The molecule has 0 aliphatic rings. The highest BCUT2D eigenvalue weighted by molar-refractivity contribution is 6.31. The summed E-state index contributed by atoms with van der Waals surface area (Å²) in [6, 6.07) is 16.3. The average molecular weight is 295 g/mol. The van der Waals surface area contributed by atoms with E-state index in [4.69, 9.17) is 11.6 Å². The number of para-hydroxylation sites is 1. The zero-order valence-electron chi connectivity index (χ0n) is 11.8. The number of halogens is 1. The van der Waals surface area contributed by atoms with Crippen molar-refractivity contribution in [3.63, 3.8) is 0 Å². The van der Waals surface area contributed by atoms with Crippen molar-refractivity contribution in [3.8, 4) is 6.07 Å². The molecule has 0 N–H and O–H groups in total. The topological polar surface area (TPSA) is 28.7 Å². The monoisotopic (exact) mass is 294 g/mol. The van der Waals surface area contributed by atoms with Crippen LogP contribution in [-0.4, -0.2) is 4.57 Å². The first-order valence-corrected chi connectivity index (χ1v) is 7.36. The summed E-state index contributed by atoms with van der Waals surface area (Å²) in [6.45, 7) is 2.81. The Bertz CT molecular complexity index is 840. The van der Waals surface area contributed by atoms with Crippen LogP contribution in [0.25, 0.3) is 10.9 Å². The van der Waals surface area contributed by atoms with Crippen molar-refractivity contribution in [1.82, 2.24) is 4.57 Å². The molecule has 1 aromatic heterocycles. The van der Waals surface area contributed by atoms with E-state index in [-0.39, 0.29) is 0 Å². The van der Waals surface area contributed by atoms with Crippen molar-refractivity contribution >= 4 is 22.5 Å². The van der Waals surface area contributed by atoms with Gasteiger partial charge in [0.1, 0.15) is 6.07 Å². The summed E-state index contributed by atoms with van der Waals surface area (Å²) in [5.41, 5.74) is 4.16. The van der Waals surface area contributed by atoms with Crippen LogP contribution in [0.4, 0.5) is 0 Å². The van der Waals surface area contributed by atoms with Gasteiger partial charge in [0.2, 0.25) is 0 Å². The molecule has 3 aromatic rings. The second-order valence-electron chi connectivity index (χ2n) is 5.04. The SMILES string of the molecule is CCc1cccc2c(C#N)cn(Cc3ccccc3Cl)c12. The summed E-state index contributed by atoms with van der Waals surface area (Å²) < 4.78 is 2.13. The van der Waals surface area contributed by atoms with Crippen LogP contribution in [0.3, 0.4) is 0 Å². The van der Waals surface area contributed by atoms with Gasteiger partial charge in [0, 0.05) is 23.2 Å². The number of aryl methyl sites for hydroxylation is 1. The second-order valence-corrected chi connectivity index (χ2v) is 5.45. The van der Waals surface area contributed by atoms with Crippen LogP contribution in [0.2, 0.25) is 5.02 Å². The van der Waals surface area contributed by atoms with Crippen LogP contribution >= 0.6 is 11.6 Å². The molecule has 0 spiro atoms. The molecule has 0 aliphatic carbocycles. The summed E-state index contributed by atoms with van der Waals surface area (Å²) in [7, 11) is 0. The van der Waals surface area contributed by atoms with E-state index in [9.17, 15) is 5.26 Å². The third kappa shape index (κ3) is 2.41. The summed E-state index contributed by atoms with van der Waals surface area (Å²) in [5, 5.41) is 11.1. The molecule has 0 radical (unpaired) electrons. The number of hydrogen-bond donors (Lipinski definition) is 0. The summed E-state index contributed by atoms with van der Waals surface area (Å²) in [5.74, 6) is 0. The molecule has 0 saturated carbocycles. The van der Waals surface area contributed by atoms with Gasteiger partial charge in [-0.05, 0) is 23.6 Å². The van der Waals surface area contributed by atoms with Gasteiger partial charge in [-0.2, -0.15) is 5.26 Å². The molecule has 0 atom stereocenters. The molecule has 1 heterocycles. The third-order valence-electron chi connectivity index (χ3n) is 3.78. The van der Waals surface area contributed by atoms with Crippen molar-refractivity contribution in [1.29, 1.82) is 5.26 Å². The Hall–Kier alpha value is -2.24. The van der Waals surface area contributed by atoms with Crippen molar-refractivity contribution in [2.45, 2.75) is 19.9 Å². The predicted molar refractivity (Wildman–Crippen MR) is 86.6 cm³/mol. The zero-order valence-corrected chi connectivity index (χ0v) is 12.6. The highest BCUT2D eigenvalue weighted by atomic mass is 35.5. The lowest BCUT2D eigenvalue weighted by Gasteiger charge is -2.10. The molecule has 0 amide bonds. The minimum atomic E-state index is 0.675. The van der Waals surface area contributed by atoms with Crippen molar-refractivity contribution in [3.05, 3.63) is 70.4 Å². The van der Waals surface area contributed by atoms with Gasteiger partial charge in [-0.1, -0.05) is 54.9 Å². The Kier molecular flexibility index (Phi) is 3.68. The second kappa shape index (κ2) is 5.63. The fraction of sp³-hybridized carbons (Fsp3) is 0.167. The molecule has 0 aliphatic heterocycles. The molecule has 3 heteroatoms. The van der Waals surface area contributed by atoms with E-state index in [1.807, 2.05) is 42.6 Å². The lowest BCUT2D eigenvalue weighted by atomic mass is 10.1. The molecular formula is C18H15ClN2. The summed E-state index contributed by atoms with van der Waals surface area (Å²) >= 11 is 6.26. The van der Waals surface area contributed by atoms with E-state index >= 15 is 0 Å². The van der Waals surface area contributed by atoms with Gasteiger partial charge >= 0.3 is 0 Å². The van der Waals surface area contributed by atoms with Crippen LogP contribution in [-0.2, 0) is 13.0 Å². The normalized spacial score (nSPS) is 10.7. The molecule has 0 fully saturated rings. The Labute approximate surface area is 129 Å². The number of fused-ring (bicyclic) bond motifs is 1. The summed E-state index contributed by atoms with van der Waals surface area (Å²) in [4.78, 5) is 0. The van der Waals surface area contributed by atoms with Gasteiger partial charge < -0.3 is 4.57 Å². The van der Waals surface area contributed by atoms with Crippen molar-refractivity contribution in [2.75, 3.05) is 0 Å². The smallest absolute Gasteiger partial charge is 0.101 e. The third-order valence-corrected chi connectivity index (χ3v) is 4.15. The zero-order chi connectivity index (χ0) is 14.8. The van der Waals surface area contributed by atoms with Gasteiger partial charge in [0.15, 0.2) is 0 Å². The Morgan fingerprint density at radius 2 is 1.86 bits per heavy atom. The van der Waals surface area contributed by atoms with Crippen LogP contribution in [0.15, 0.2) is 48.7 Å². The fourth-order valence-corrected chi connectivity index (χ4v) is 2.94. The highest BCUT2D eigenvalue weighted by Crippen LogP contribution is 2.27. The average Bonchev–Trinajstić information content (AvgIpc) is 2.87. The van der Waals surface area contributed by atoms with Gasteiger partial charge in [0.25, 0.3) is 0 Å². The lowest BCUT2D eigenvalue weighted by molar-refractivity contribution is 0.830. The first-order chi connectivity index (χ1) is 10.2. The van der Waals surface area contributed by atoms with Crippen molar-refractivity contribution < 1.29 is 0 Å². The Morgan fingerprint density at radius 3 is 2.57 bits per heavy atom. The van der Waals surface area contributed by atoms with Crippen LogP contribution < -0.4 is 0 Å². The molecule has 2 aromatic carbocycles. The largest absolute Gasteiger partial charge is 0.341 e. The molecule has 2 nitrogen and oxygen atoms in total. The minimum Gasteiger partial charge on any atom is -0.341 e. The van der Waals surface area contributed by atoms with E-state index < -0.39 is 0 Å². The number of aromatic nitrogens is 1. The molecule has 21 heavy (non-hydrogen) atoms. The van der Waals surface area contributed by atoms with Crippen LogP contribution in [0.1, 0.15) is 23.6 Å². The van der Waals surface area contributed by atoms with E-state index in [0.29, 0.717) is 12.1 Å². The first-order valence-electron chi connectivity index (χ1n) is 6.98.